The standard InChI is InChI=1S/C82H92O2/c1-71(2,3)45-29-41-25-26-42-30-46(72(4,5)6)34-52-60-59(51(33-45)77(41,19)78(42,52)20)67-63-55-37-49(75(13,14)15)39-57-65-66(58-40-50(76(16,17)18)38-56(64(63)68(60)83-67)82(58,24)81(55,57)23)70-62-54-36-48(74(10,11)12)32-44-28-27-43-31-47(73(7,8)9)35-53(61(62)69(65)84-70)79(43,21)80(44,54)22/h25-40,67-70H,1-24H3/t67-,68+,69+,70-,77-,78-,79+,80+,81?,82?. The van der Waals surface area contributed by atoms with Crippen molar-refractivity contribution in [2.45, 2.75) is 191 Å². The number of allylic oxidation sites excluding steroid dienone is 32. The number of hydrogen-bond donors (Lipinski definition) is 0. The maximum Gasteiger partial charge on any atom is 0.110 e. The molecular formula is C82H92O2. The Morgan fingerprint density at radius 3 is 0.619 bits per heavy atom. The van der Waals surface area contributed by atoms with Crippen LogP contribution in [0.25, 0.3) is 0 Å². The molecular weight excluding hydrogens is 1020 g/mol. The minimum Gasteiger partial charge on any atom is -0.356 e. The van der Waals surface area contributed by atoms with Crippen molar-refractivity contribution in [2.24, 2.45) is 65.0 Å². The highest BCUT2D eigenvalue weighted by atomic mass is 16.5. The predicted molar refractivity (Wildman–Crippen MR) is 347 cm³/mol. The van der Waals surface area contributed by atoms with E-state index >= 15 is 0 Å². The zero-order valence-electron chi connectivity index (χ0n) is 55.4. The summed E-state index contributed by atoms with van der Waals surface area (Å²) in [5, 5.41) is 0. The number of ether oxygens (including phenoxy) is 2. The van der Waals surface area contributed by atoms with Gasteiger partial charge in [-0.3, -0.25) is 0 Å². The Balaban J connectivity index is 1.04. The Morgan fingerprint density at radius 1 is 0.238 bits per heavy atom. The number of rotatable bonds is 0. The topological polar surface area (TPSA) is 18.5 Å². The van der Waals surface area contributed by atoms with Gasteiger partial charge in [-0.25, -0.2) is 0 Å². The molecule has 84 heavy (non-hydrogen) atoms. The summed E-state index contributed by atoms with van der Waals surface area (Å²) >= 11 is 0. The summed E-state index contributed by atoms with van der Waals surface area (Å²) < 4.78 is 16.3. The van der Waals surface area contributed by atoms with Gasteiger partial charge in [-0.15, -0.1) is 0 Å². The van der Waals surface area contributed by atoms with Gasteiger partial charge in [-0.2, -0.15) is 0 Å². The van der Waals surface area contributed by atoms with Gasteiger partial charge >= 0.3 is 0 Å². The molecule has 4 bridgehead atoms. The molecule has 3 fully saturated rings. The summed E-state index contributed by atoms with van der Waals surface area (Å²) in [6.45, 7) is 59.2. The monoisotopic (exact) mass is 1110 g/mol. The van der Waals surface area contributed by atoms with Crippen LogP contribution in [0.5, 0.6) is 0 Å². The van der Waals surface area contributed by atoms with E-state index in [4.69, 9.17) is 9.47 Å². The summed E-state index contributed by atoms with van der Waals surface area (Å²) in [7, 11) is 0. The van der Waals surface area contributed by atoms with Crippen LogP contribution in [0, 0.1) is 65.0 Å². The fourth-order valence-corrected chi connectivity index (χ4v) is 19.5. The van der Waals surface area contributed by atoms with E-state index in [1.54, 1.807) is 0 Å². The Hall–Kier alpha value is -5.54. The molecule has 0 amide bonds. The van der Waals surface area contributed by atoms with Crippen molar-refractivity contribution in [3.05, 3.63) is 242 Å². The summed E-state index contributed by atoms with van der Waals surface area (Å²) in [6.07, 6.45) is 40.6. The highest BCUT2D eigenvalue weighted by molar-refractivity contribution is 5.89. The van der Waals surface area contributed by atoms with Crippen molar-refractivity contribution in [3.8, 4) is 0 Å². The molecule has 2 unspecified atom stereocenters. The normalized spacial score (nSPS) is 37.9. The van der Waals surface area contributed by atoms with Gasteiger partial charge in [0.05, 0.1) is 0 Å². The second-order valence-electron chi connectivity index (χ2n) is 35.6. The van der Waals surface area contributed by atoms with Crippen molar-refractivity contribution in [2.75, 3.05) is 0 Å². The van der Waals surface area contributed by atoms with Crippen LogP contribution in [-0.2, 0) is 9.47 Å². The summed E-state index contributed by atoms with van der Waals surface area (Å²) in [5.74, 6) is 0. The summed E-state index contributed by atoms with van der Waals surface area (Å²) in [4.78, 5) is 0. The molecule has 4 aliphatic heterocycles. The van der Waals surface area contributed by atoms with E-state index < -0.39 is 10.8 Å². The van der Waals surface area contributed by atoms with E-state index in [1.807, 2.05) is 0 Å². The second kappa shape index (κ2) is 14.9. The average Bonchev–Trinajstić information content (AvgIpc) is 1.28. The molecule has 0 N–H and O–H groups in total. The third-order valence-electron chi connectivity index (χ3n) is 25.5. The first-order chi connectivity index (χ1) is 38.7. The molecule has 0 aromatic heterocycles. The lowest BCUT2D eigenvalue weighted by molar-refractivity contribution is 0.131. The Kier molecular flexibility index (Phi) is 9.55. The molecule has 0 saturated carbocycles. The Bertz CT molecular complexity index is 3900. The van der Waals surface area contributed by atoms with Gasteiger partial charge in [-0.05, 0) is 177 Å². The smallest absolute Gasteiger partial charge is 0.110 e. The lowest BCUT2D eigenvalue weighted by atomic mass is 9.38. The van der Waals surface area contributed by atoms with Crippen LogP contribution in [0.15, 0.2) is 242 Å². The number of hydrogen-bond acceptors (Lipinski definition) is 2. The first kappa shape index (κ1) is 53.9. The Morgan fingerprint density at radius 2 is 0.417 bits per heavy atom. The highest BCUT2D eigenvalue weighted by Gasteiger charge is 2.73. The summed E-state index contributed by atoms with van der Waals surface area (Å²) in [6, 6.07) is 0. The molecule has 16 aliphatic rings. The predicted octanol–water partition coefficient (Wildman–Crippen LogP) is 20.3. The highest BCUT2D eigenvalue weighted by Crippen LogP contribution is 2.81. The van der Waals surface area contributed by atoms with Crippen molar-refractivity contribution in [1.82, 2.24) is 0 Å². The fourth-order valence-electron chi connectivity index (χ4n) is 19.5. The van der Waals surface area contributed by atoms with Crippen molar-refractivity contribution in [3.63, 3.8) is 0 Å². The molecule has 0 aromatic rings. The molecule has 2 heteroatoms. The average molecular weight is 1110 g/mol. The molecule has 2 nitrogen and oxygen atoms in total. The van der Waals surface area contributed by atoms with Crippen molar-refractivity contribution < 1.29 is 9.47 Å². The minimum absolute atomic E-state index is 0.0477. The molecule has 0 spiro atoms. The second-order valence-corrected chi connectivity index (χ2v) is 35.6. The molecule has 3 saturated heterocycles. The van der Waals surface area contributed by atoms with Crippen molar-refractivity contribution >= 4 is 0 Å². The van der Waals surface area contributed by atoms with Crippen LogP contribution in [0.4, 0.5) is 0 Å². The van der Waals surface area contributed by atoms with E-state index in [0.717, 1.165) is 0 Å². The third kappa shape index (κ3) is 5.74. The van der Waals surface area contributed by atoms with E-state index in [0.29, 0.717) is 0 Å². The van der Waals surface area contributed by atoms with Gasteiger partial charge in [0, 0.05) is 32.5 Å². The molecule has 0 aromatic carbocycles. The first-order valence-electron chi connectivity index (χ1n) is 32.3. The maximum absolute atomic E-state index is 8.15. The van der Waals surface area contributed by atoms with Crippen LogP contribution in [0.2, 0.25) is 0 Å². The quantitative estimate of drug-likeness (QED) is 0.241. The van der Waals surface area contributed by atoms with Gasteiger partial charge in [0.2, 0.25) is 0 Å². The zero-order valence-corrected chi connectivity index (χ0v) is 55.4. The minimum atomic E-state index is -0.464. The van der Waals surface area contributed by atoms with E-state index in [-0.39, 0.29) is 78.6 Å². The zero-order chi connectivity index (χ0) is 60.0. The maximum atomic E-state index is 8.15. The third-order valence-corrected chi connectivity index (χ3v) is 25.5. The lowest BCUT2D eigenvalue weighted by Crippen LogP contribution is -2.55. The Labute approximate surface area is 504 Å². The molecule has 0 radical (unpaired) electrons. The molecule has 432 valence electrons. The van der Waals surface area contributed by atoms with Crippen LogP contribution in [0.1, 0.15) is 166 Å². The van der Waals surface area contributed by atoms with E-state index in [9.17, 15) is 0 Å². The SMILES string of the molecule is CC(C)(C)C1=CC2=C3C(=C4C=C(C(C)(C)C)C=C5C6=C(C(=C1)C2(C)C54C)[C@@H]1O[C@H]6C2=C4C=C(C(C)(C)C)C=C5C=CC6=CC(C(C)(C)C)=CC(=C21)[C@@]6(C)[C@@]54C)[C@@H]1O[C@H]3C2=C3C=C(C(C)(C)C)C=C4C=CC5=CC(C(C)(C)C)=CC(=C21)[C@]5(C)[C@]43C. The lowest BCUT2D eigenvalue weighted by Gasteiger charge is -2.63. The first-order valence-corrected chi connectivity index (χ1v) is 32.3. The molecule has 4 heterocycles. The van der Waals surface area contributed by atoms with Gasteiger partial charge in [0.1, 0.15) is 24.4 Å². The van der Waals surface area contributed by atoms with Crippen molar-refractivity contribution in [1.29, 1.82) is 0 Å². The number of fused-ring (bicyclic) bond motifs is 17. The van der Waals surface area contributed by atoms with Gasteiger partial charge < -0.3 is 9.47 Å². The van der Waals surface area contributed by atoms with Gasteiger partial charge in [0.25, 0.3) is 0 Å². The van der Waals surface area contributed by atoms with E-state index in [2.05, 4.69) is 263 Å². The van der Waals surface area contributed by atoms with Crippen LogP contribution < -0.4 is 0 Å². The fraction of sp³-hybridized carbons (Fsp3) is 0.488. The van der Waals surface area contributed by atoms with Crippen LogP contribution in [0.3, 0.4) is 0 Å². The molecule has 10 atom stereocenters. The summed E-state index contributed by atoms with van der Waals surface area (Å²) in [5.41, 5.74) is 34.6. The van der Waals surface area contributed by atoms with Gasteiger partial charge in [-0.1, -0.05) is 263 Å². The van der Waals surface area contributed by atoms with Gasteiger partial charge in [0.15, 0.2) is 0 Å². The van der Waals surface area contributed by atoms with Crippen LogP contribution in [-0.4, -0.2) is 24.4 Å². The largest absolute Gasteiger partial charge is 0.356 e. The van der Waals surface area contributed by atoms with Crippen LogP contribution >= 0.6 is 0 Å². The molecule has 16 rings (SSSR count). The molecule has 12 aliphatic carbocycles. The van der Waals surface area contributed by atoms with E-state index in [1.165, 1.54) is 145 Å².